The molecule has 0 unspecified atom stereocenters. The van der Waals surface area contributed by atoms with E-state index in [2.05, 4.69) is 30.5 Å². The lowest BCUT2D eigenvalue weighted by atomic mass is 10.1. The van der Waals surface area contributed by atoms with E-state index in [1.54, 1.807) is 0 Å². The van der Waals surface area contributed by atoms with Crippen molar-refractivity contribution in [1.82, 2.24) is 25.1 Å². The zero-order chi connectivity index (χ0) is 20.8. The Morgan fingerprint density at radius 1 is 1.30 bits per heavy atom. The number of hydrogen-bond acceptors (Lipinski definition) is 7. The molecule has 0 aliphatic heterocycles. The molecular weight excluding hydrogens is 384 g/mol. The molecular formula is C21H20N6O3. The van der Waals surface area contributed by atoms with Crippen LogP contribution in [0.4, 0.5) is 6.01 Å². The number of carbonyl (C=O) groups is 1. The first kappa shape index (κ1) is 18.3. The van der Waals surface area contributed by atoms with Gasteiger partial charge < -0.3 is 19.8 Å². The number of nitrogens with zero attached hydrogens (tertiary/aromatic N) is 4. The van der Waals surface area contributed by atoms with Crippen LogP contribution in [0, 0.1) is 0 Å². The minimum Gasteiger partial charge on any atom is -0.478 e. The van der Waals surface area contributed by atoms with Crippen molar-refractivity contribution in [3.8, 4) is 22.8 Å². The van der Waals surface area contributed by atoms with Crippen LogP contribution in [-0.2, 0) is 0 Å². The highest BCUT2D eigenvalue weighted by Gasteiger charge is 2.30. The predicted octanol–water partition coefficient (Wildman–Crippen LogP) is 4.07. The van der Waals surface area contributed by atoms with Crippen LogP contribution in [-0.4, -0.2) is 42.3 Å². The second kappa shape index (κ2) is 6.94. The Balaban J connectivity index is 1.56. The molecule has 0 bridgehead atoms. The highest BCUT2D eigenvalue weighted by Crippen LogP contribution is 2.41. The Kier molecular flexibility index (Phi) is 4.23. The molecule has 152 valence electrons. The Morgan fingerprint density at radius 2 is 2.13 bits per heavy atom. The van der Waals surface area contributed by atoms with Gasteiger partial charge in [0.25, 0.3) is 0 Å². The minimum atomic E-state index is -0.994. The van der Waals surface area contributed by atoms with Gasteiger partial charge in [-0.3, -0.25) is 0 Å². The number of benzene rings is 1. The van der Waals surface area contributed by atoms with Gasteiger partial charge in [-0.2, -0.15) is 0 Å². The van der Waals surface area contributed by atoms with E-state index in [0.717, 1.165) is 34.9 Å². The van der Waals surface area contributed by atoms with E-state index in [9.17, 15) is 9.90 Å². The number of aromatic carboxylic acids is 1. The Morgan fingerprint density at radius 3 is 2.87 bits per heavy atom. The minimum absolute atomic E-state index is 0.179. The van der Waals surface area contributed by atoms with E-state index in [0.29, 0.717) is 23.4 Å². The van der Waals surface area contributed by atoms with E-state index in [1.807, 2.05) is 38.2 Å². The summed E-state index contributed by atoms with van der Waals surface area (Å²) in [7, 11) is 0. The lowest BCUT2D eigenvalue weighted by Crippen LogP contribution is -2.09. The third-order valence-electron chi connectivity index (χ3n) is 5.02. The summed E-state index contributed by atoms with van der Waals surface area (Å²) in [6.45, 7) is 3.99. The fourth-order valence-corrected chi connectivity index (χ4v) is 3.44. The second-order valence-electron chi connectivity index (χ2n) is 7.75. The first-order valence-corrected chi connectivity index (χ1v) is 9.81. The molecule has 30 heavy (non-hydrogen) atoms. The molecule has 1 saturated carbocycles. The topological polar surface area (TPSA) is 130 Å². The summed E-state index contributed by atoms with van der Waals surface area (Å²) in [4.78, 5) is 23.7. The molecule has 3 N–H and O–H groups in total. The number of fused-ring (bicyclic) bond motifs is 1. The van der Waals surface area contributed by atoms with Gasteiger partial charge in [0, 0.05) is 46.4 Å². The largest absolute Gasteiger partial charge is 0.478 e. The maximum absolute atomic E-state index is 11.5. The molecule has 9 heteroatoms. The van der Waals surface area contributed by atoms with Gasteiger partial charge in [-0.05, 0) is 44.9 Å². The summed E-state index contributed by atoms with van der Waals surface area (Å²) in [6.07, 6.45) is 5.15. The molecule has 0 atom stereocenters. The number of anilines is 1. The number of carboxylic acids is 1. The first-order chi connectivity index (χ1) is 14.5. The van der Waals surface area contributed by atoms with Gasteiger partial charge in [0.2, 0.25) is 5.89 Å². The fraction of sp³-hybridized carbons (Fsp3) is 0.286. The molecule has 1 aromatic carbocycles. The monoisotopic (exact) mass is 404 g/mol. The average Bonchev–Trinajstić information content (AvgIpc) is 3.32. The van der Waals surface area contributed by atoms with E-state index in [-0.39, 0.29) is 17.5 Å². The highest BCUT2D eigenvalue weighted by atomic mass is 16.4. The van der Waals surface area contributed by atoms with Crippen LogP contribution in [0.1, 0.15) is 48.7 Å². The maximum Gasteiger partial charge on any atom is 0.339 e. The van der Waals surface area contributed by atoms with Gasteiger partial charge >= 0.3 is 12.0 Å². The van der Waals surface area contributed by atoms with Gasteiger partial charge in [0.05, 0.1) is 11.3 Å². The van der Waals surface area contributed by atoms with Crippen molar-refractivity contribution in [3.05, 3.63) is 41.9 Å². The summed E-state index contributed by atoms with van der Waals surface area (Å²) in [6, 6.07) is 6.33. The molecule has 0 spiro atoms. The summed E-state index contributed by atoms with van der Waals surface area (Å²) >= 11 is 0. The Labute approximate surface area is 171 Å². The Hall–Kier alpha value is -3.75. The third kappa shape index (κ3) is 3.28. The number of hydrogen-bond donors (Lipinski definition) is 3. The SMILES string of the molecule is CC(C)Nc1nnc(-c2ccc3[nH]cc(-c4ncc(C(=O)O)c(C5CC5)n4)c3c2)o1. The zero-order valence-electron chi connectivity index (χ0n) is 16.5. The standard InChI is InChI=1S/C21H20N6O3/c1-10(2)24-21-27-26-19(30-21)12-5-6-16-13(7-12)14(8-22-16)18-23-9-15(20(28)29)17(25-18)11-3-4-11/h5-11,22H,3-4H2,1-2H3,(H,24,27)(H,28,29). The van der Waals surface area contributed by atoms with E-state index < -0.39 is 5.97 Å². The summed E-state index contributed by atoms with van der Waals surface area (Å²) < 4.78 is 5.71. The van der Waals surface area contributed by atoms with Crippen LogP contribution in [0.15, 0.2) is 35.0 Å². The lowest BCUT2D eigenvalue weighted by Gasteiger charge is -2.06. The van der Waals surface area contributed by atoms with Crippen molar-refractivity contribution >= 4 is 22.9 Å². The number of H-pyrrole nitrogens is 1. The molecule has 5 rings (SSSR count). The summed E-state index contributed by atoms with van der Waals surface area (Å²) in [5.41, 5.74) is 3.27. The van der Waals surface area contributed by atoms with Crippen molar-refractivity contribution in [1.29, 1.82) is 0 Å². The third-order valence-corrected chi connectivity index (χ3v) is 5.02. The zero-order valence-corrected chi connectivity index (χ0v) is 16.5. The van der Waals surface area contributed by atoms with Gasteiger partial charge in [-0.25, -0.2) is 14.8 Å². The molecule has 0 radical (unpaired) electrons. The van der Waals surface area contributed by atoms with Crippen LogP contribution in [0.3, 0.4) is 0 Å². The number of nitrogens with one attached hydrogen (secondary N) is 2. The molecule has 3 heterocycles. The van der Waals surface area contributed by atoms with E-state index in [1.165, 1.54) is 6.20 Å². The number of rotatable bonds is 6. The van der Waals surface area contributed by atoms with Crippen molar-refractivity contribution in [3.63, 3.8) is 0 Å². The van der Waals surface area contributed by atoms with Crippen LogP contribution in [0.5, 0.6) is 0 Å². The van der Waals surface area contributed by atoms with Crippen molar-refractivity contribution < 1.29 is 14.3 Å². The number of aromatic amines is 1. The second-order valence-corrected chi connectivity index (χ2v) is 7.75. The average molecular weight is 404 g/mol. The van der Waals surface area contributed by atoms with Gasteiger partial charge in [-0.1, -0.05) is 5.10 Å². The van der Waals surface area contributed by atoms with Gasteiger partial charge in [0.1, 0.15) is 0 Å². The maximum atomic E-state index is 11.5. The summed E-state index contributed by atoms with van der Waals surface area (Å²) in [5, 5.41) is 21.6. The molecule has 3 aromatic heterocycles. The summed E-state index contributed by atoms with van der Waals surface area (Å²) in [5.74, 6) is 0.113. The Bertz CT molecular complexity index is 1250. The smallest absolute Gasteiger partial charge is 0.339 e. The highest BCUT2D eigenvalue weighted by molar-refractivity contribution is 5.96. The van der Waals surface area contributed by atoms with Crippen LogP contribution in [0.2, 0.25) is 0 Å². The van der Waals surface area contributed by atoms with E-state index >= 15 is 0 Å². The molecule has 0 saturated heterocycles. The molecule has 1 aliphatic carbocycles. The molecule has 0 amide bonds. The van der Waals surface area contributed by atoms with Gasteiger partial charge in [-0.15, -0.1) is 5.10 Å². The molecule has 4 aromatic rings. The number of carboxylic acid groups (broad SMARTS) is 1. The van der Waals surface area contributed by atoms with Crippen molar-refractivity contribution in [2.24, 2.45) is 0 Å². The lowest BCUT2D eigenvalue weighted by molar-refractivity contribution is 0.0694. The van der Waals surface area contributed by atoms with Crippen molar-refractivity contribution in [2.75, 3.05) is 5.32 Å². The molecule has 1 aliphatic rings. The van der Waals surface area contributed by atoms with Crippen molar-refractivity contribution in [2.45, 2.75) is 38.6 Å². The van der Waals surface area contributed by atoms with Crippen LogP contribution in [0.25, 0.3) is 33.7 Å². The molecule has 1 fully saturated rings. The fourth-order valence-electron chi connectivity index (χ4n) is 3.44. The number of aromatic nitrogens is 5. The molecule has 9 nitrogen and oxygen atoms in total. The predicted molar refractivity (Wildman–Crippen MR) is 110 cm³/mol. The first-order valence-electron chi connectivity index (χ1n) is 9.81. The normalized spacial score (nSPS) is 13.8. The van der Waals surface area contributed by atoms with Crippen LogP contribution >= 0.6 is 0 Å². The van der Waals surface area contributed by atoms with E-state index in [4.69, 9.17) is 4.42 Å². The van der Waals surface area contributed by atoms with Crippen LogP contribution < -0.4 is 5.32 Å². The van der Waals surface area contributed by atoms with Gasteiger partial charge in [0.15, 0.2) is 5.82 Å². The quantitative estimate of drug-likeness (QED) is 0.438.